The van der Waals surface area contributed by atoms with Gasteiger partial charge in [-0.25, -0.2) is 9.59 Å². The predicted octanol–water partition coefficient (Wildman–Crippen LogP) is 1.66. The number of carbonyl (C=O) groups is 2. The van der Waals surface area contributed by atoms with E-state index in [2.05, 4.69) is 11.9 Å². The lowest BCUT2D eigenvalue weighted by Crippen LogP contribution is -2.55. The summed E-state index contributed by atoms with van der Waals surface area (Å²) in [5.41, 5.74) is 4.77. The van der Waals surface area contributed by atoms with Crippen LogP contribution in [0.1, 0.15) is 18.4 Å². The number of nitrogens with two attached hydrogens (primary N) is 1. The third-order valence-electron chi connectivity index (χ3n) is 3.03. The first-order valence-electron chi connectivity index (χ1n) is 6.57. The molecule has 0 heterocycles. The number of nitrogens with one attached hydrogen (secondary N) is 1. The average Bonchev–Trinajstić information content (AvgIpc) is 2.46. The summed E-state index contributed by atoms with van der Waals surface area (Å²) in [4.78, 5) is 23.3. The molecule has 6 nitrogen and oxygen atoms in total. The molecule has 21 heavy (non-hydrogen) atoms. The minimum atomic E-state index is -1.48. The molecule has 1 atom stereocenters. The summed E-state index contributed by atoms with van der Waals surface area (Å²) in [5, 5.41) is 11.7. The molecule has 0 aliphatic rings. The zero-order chi connectivity index (χ0) is 15.7. The molecule has 4 N–H and O–H groups in total. The van der Waals surface area contributed by atoms with E-state index in [0.29, 0.717) is 0 Å². The molecule has 0 spiro atoms. The molecule has 1 aromatic carbocycles. The third-order valence-corrected chi connectivity index (χ3v) is 3.03. The molecule has 0 fully saturated rings. The van der Waals surface area contributed by atoms with Gasteiger partial charge >= 0.3 is 12.1 Å². The fourth-order valence-electron chi connectivity index (χ4n) is 1.91. The predicted molar refractivity (Wildman–Crippen MR) is 78.6 cm³/mol. The lowest BCUT2D eigenvalue weighted by atomic mass is 9.91. The van der Waals surface area contributed by atoms with Crippen LogP contribution in [0.15, 0.2) is 43.0 Å². The number of rotatable bonds is 8. The Hall–Kier alpha value is -2.34. The first kappa shape index (κ1) is 16.7. The van der Waals surface area contributed by atoms with Gasteiger partial charge in [0.25, 0.3) is 0 Å². The van der Waals surface area contributed by atoms with Gasteiger partial charge in [-0.1, -0.05) is 36.4 Å². The van der Waals surface area contributed by atoms with Gasteiger partial charge in [0.05, 0.1) is 0 Å². The van der Waals surface area contributed by atoms with Crippen molar-refractivity contribution < 1.29 is 19.4 Å². The topological polar surface area (TPSA) is 102 Å². The summed E-state index contributed by atoms with van der Waals surface area (Å²) < 4.78 is 5.04. The number of alkyl carbamates (subject to hydrolysis) is 1. The lowest BCUT2D eigenvalue weighted by Gasteiger charge is -2.28. The maximum absolute atomic E-state index is 11.8. The van der Waals surface area contributed by atoms with Crippen LogP contribution in [-0.2, 0) is 16.1 Å². The Kier molecular flexibility index (Phi) is 6.42. The van der Waals surface area contributed by atoms with Gasteiger partial charge < -0.3 is 20.9 Å². The highest BCUT2D eigenvalue weighted by molar-refractivity contribution is 5.84. The van der Waals surface area contributed by atoms with Crippen molar-refractivity contribution in [1.29, 1.82) is 0 Å². The van der Waals surface area contributed by atoms with Crippen LogP contribution in [0, 0.1) is 0 Å². The molecule has 0 saturated carbocycles. The van der Waals surface area contributed by atoms with Crippen molar-refractivity contribution in [2.24, 2.45) is 5.73 Å². The standard InChI is InChI=1S/C15H20N2O4/c1-2-8-15(9-10-16,13(18)19)17-14(20)21-11-12-6-4-3-5-7-12/h2-7H,1,8-11,16H2,(H,17,20)(H,18,19)/t15-/m0/s1. The number of hydrogen-bond acceptors (Lipinski definition) is 4. The highest BCUT2D eigenvalue weighted by Crippen LogP contribution is 2.17. The number of ether oxygens (including phenoxy) is 1. The largest absolute Gasteiger partial charge is 0.479 e. The number of carbonyl (C=O) groups excluding carboxylic acids is 1. The zero-order valence-corrected chi connectivity index (χ0v) is 11.7. The van der Waals surface area contributed by atoms with Gasteiger partial charge in [-0.15, -0.1) is 6.58 Å². The lowest BCUT2D eigenvalue weighted by molar-refractivity contribution is -0.144. The Labute approximate surface area is 123 Å². The van der Waals surface area contributed by atoms with Crippen molar-refractivity contribution in [3.8, 4) is 0 Å². The van der Waals surface area contributed by atoms with Crippen molar-refractivity contribution in [2.75, 3.05) is 6.54 Å². The monoisotopic (exact) mass is 292 g/mol. The van der Waals surface area contributed by atoms with Gasteiger partial charge in [0.15, 0.2) is 0 Å². The van der Waals surface area contributed by atoms with E-state index in [1.165, 1.54) is 6.08 Å². The number of hydrogen-bond donors (Lipinski definition) is 3. The molecule has 114 valence electrons. The van der Waals surface area contributed by atoms with Crippen LogP contribution in [0.25, 0.3) is 0 Å². The van der Waals surface area contributed by atoms with Gasteiger partial charge in [-0.05, 0) is 24.9 Å². The number of benzene rings is 1. The van der Waals surface area contributed by atoms with Crippen LogP contribution in [-0.4, -0.2) is 29.3 Å². The second-order valence-corrected chi connectivity index (χ2v) is 4.61. The maximum atomic E-state index is 11.8. The molecule has 0 radical (unpaired) electrons. The summed E-state index contributed by atoms with van der Waals surface area (Å²) in [7, 11) is 0. The average molecular weight is 292 g/mol. The van der Waals surface area contributed by atoms with Crippen LogP contribution >= 0.6 is 0 Å². The molecule has 0 saturated heterocycles. The van der Waals surface area contributed by atoms with Gasteiger partial charge in [-0.3, -0.25) is 0 Å². The Morgan fingerprint density at radius 2 is 2.05 bits per heavy atom. The normalized spacial score (nSPS) is 13.0. The molecule has 0 bridgehead atoms. The summed E-state index contributed by atoms with van der Waals surface area (Å²) in [6, 6.07) is 9.11. The van der Waals surface area contributed by atoms with E-state index in [-0.39, 0.29) is 26.0 Å². The molecule has 6 heteroatoms. The van der Waals surface area contributed by atoms with Gasteiger partial charge in [0, 0.05) is 0 Å². The first-order chi connectivity index (χ1) is 10.0. The van der Waals surface area contributed by atoms with E-state index in [0.717, 1.165) is 5.56 Å². The van der Waals surface area contributed by atoms with Gasteiger partial charge in [-0.2, -0.15) is 0 Å². The Morgan fingerprint density at radius 1 is 1.38 bits per heavy atom. The summed E-state index contributed by atoms with van der Waals surface area (Å²) in [6.07, 6.45) is 0.798. The van der Waals surface area contributed by atoms with Crippen molar-refractivity contribution >= 4 is 12.1 Å². The van der Waals surface area contributed by atoms with Crippen LogP contribution in [0.5, 0.6) is 0 Å². The highest BCUT2D eigenvalue weighted by atomic mass is 16.5. The van der Waals surface area contributed by atoms with Gasteiger partial charge in [0.2, 0.25) is 0 Å². The molecular weight excluding hydrogens is 272 g/mol. The number of aliphatic carboxylic acids is 1. The second kappa shape index (κ2) is 8.06. The fraction of sp³-hybridized carbons (Fsp3) is 0.333. The van der Waals surface area contributed by atoms with E-state index >= 15 is 0 Å². The molecule has 1 amide bonds. The molecule has 0 aliphatic heterocycles. The quantitative estimate of drug-likeness (QED) is 0.632. The smallest absolute Gasteiger partial charge is 0.408 e. The van der Waals surface area contributed by atoms with Crippen molar-refractivity contribution in [1.82, 2.24) is 5.32 Å². The third kappa shape index (κ3) is 4.92. The molecule has 1 aromatic rings. The van der Waals surface area contributed by atoms with Crippen LogP contribution < -0.4 is 11.1 Å². The molecular formula is C15H20N2O4. The SMILES string of the molecule is C=CC[C@@](CCN)(NC(=O)OCc1ccccc1)C(=O)O. The van der Waals surface area contributed by atoms with Crippen LogP contribution in [0.2, 0.25) is 0 Å². The zero-order valence-electron chi connectivity index (χ0n) is 11.7. The Balaban J connectivity index is 2.67. The van der Waals surface area contributed by atoms with Crippen molar-refractivity contribution in [3.63, 3.8) is 0 Å². The number of carboxylic acid groups (broad SMARTS) is 1. The minimum Gasteiger partial charge on any atom is -0.479 e. The second-order valence-electron chi connectivity index (χ2n) is 4.61. The summed E-state index contributed by atoms with van der Waals surface area (Å²) in [6.45, 7) is 3.71. The molecule has 0 aliphatic carbocycles. The minimum absolute atomic E-state index is 0.0685. The number of amides is 1. The molecule has 1 rings (SSSR count). The van der Waals surface area contributed by atoms with E-state index in [1.54, 1.807) is 12.1 Å². The van der Waals surface area contributed by atoms with Crippen LogP contribution in [0.3, 0.4) is 0 Å². The van der Waals surface area contributed by atoms with Crippen molar-refractivity contribution in [3.05, 3.63) is 48.6 Å². The summed E-state index contributed by atoms with van der Waals surface area (Å²) >= 11 is 0. The van der Waals surface area contributed by atoms with Crippen molar-refractivity contribution in [2.45, 2.75) is 25.0 Å². The van der Waals surface area contributed by atoms with E-state index in [1.807, 2.05) is 18.2 Å². The van der Waals surface area contributed by atoms with E-state index in [4.69, 9.17) is 10.5 Å². The van der Waals surface area contributed by atoms with E-state index in [9.17, 15) is 14.7 Å². The molecule has 0 unspecified atom stereocenters. The van der Waals surface area contributed by atoms with E-state index < -0.39 is 17.6 Å². The molecule has 0 aromatic heterocycles. The Morgan fingerprint density at radius 3 is 2.57 bits per heavy atom. The summed E-state index contributed by atoms with van der Waals surface area (Å²) in [5.74, 6) is -1.16. The maximum Gasteiger partial charge on any atom is 0.408 e. The highest BCUT2D eigenvalue weighted by Gasteiger charge is 2.38. The fourth-order valence-corrected chi connectivity index (χ4v) is 1.91. The number of carboxylic acids is 1. The van der Waals surface area contributed by atoms with Gasteiger partial charge in [0.1, 0.15) is 12.1 Å². The first-order valence-corrected chi connectivity index (χ1v) is 6.57. The van der Waals surface area contributed by atoms with Crippen LogP contribution in [0.4, 0.5) is 4.79 Å². The Bertz CT molecular complexity index is 490.